The summed E-state index contributed by atoms with van der Waals surface area (Å²) in [6, 6.07) is 1.96. The molecule has 4 heteroatoms. The van der Waals surface area contributed by atoms with Crippen LogP contribution >= 0.6 is 0 Å². The Bertz CT molecular complexity index is 191. The van der Waals surface area contributed by atoms with Crippen molar-refractivity contribution in [1.82, 2.24) is 4.90 Å². The molecule has 0 radical (unpaired) electrons. The molecule has 4 nitrogen and oxygen atoms in total. The first-order valence-electron chi connectivity index (χ1n) is 4.61. The lowest BCUT2D eigenvalue weighted by Crippen LogP contribution is -2.44. The van der Waals surface area contributed by atoms with Gasteiger partial charge >= 0.3 is 0 Å². The number of ether oxygens (including phenoxy) is 1. The van der Waals surface area contributed by atoms with Gasteiger partial charge in [-0.1, -0.05) is 0 Å². The SMILES string of the molecule is CC1CN(C[C@H](O)CC#N)CCO1. The number of β-amino-alcohol motifs (C(OH)–C–C–N with tert-alkyl or cyclic N) is 1. The van der Waals surface area contributed by atoms with Crippen LogP contribution in [0.4, 0.5) is 0 Å². The van der Waals surface area contributed by atoms with Gasteiger partial charge < -0.3 is 9.84 Å². The van der Waals surface area contributed by atoms with Crippen LogP contribution in [0.3, 0.4) is 0 Å². The number of morpholine rings is 1. The van der Waals surface area contributed by atoms with Crippen molar-refractivity contribution < 1.29 is 9.84 Å². The van der Waals surface area contributed by atoms with Crippen molar-refractivity contribution in [2.24, 2.45) is 0 Å². The summed E-state index contributed by atoms with van der Waals surface area (Å²) in [7, 11) is 0. The third-order valence-electron chi connectivity index (χ3n) is 2.12. The lowest BCUT2D eigenvalue weighted by molar-refractivity contribution is -0.0309. The van der Waals surface area contributed by atoms with Crippen molar-refractivity contribution >= 4 is 0 Å². The molecule has 1 fully saturated rings. The zero-order valence-corrected chi connectivity index (χ0v) is 7.94. The Hall–Kier alpha value is -0.630. The Labute approximate surface area is 78.7 Å². The lowest BCUT2D eigenvalue weighted by Gasteiger charge is -2.31. The number of aliphatic hydroxyl groups is 1. The molecule has 0 bridgehead atoms. The molecule has 1 saturated heterocycles. The van der Waals surface area contributed by atoms with E-state index in [2.05, 4.69) is 4.90 Å². The van der Waals surface area contributed by atoms with Crippen LogP contribution in [0.2, 0.25) is 0 Å². The Morgan fingerprint density at radius 3 is 3.15 bits per heavy atom. The van der Waals surface area contributed by atoms with Crippen LogP contribution in [0.25, 0.3) is 0 Å². The normalized spacial score (nSPS) is 26.7. The highest BCUT2D eigenvalue weighted by Gasteiger charge is 2.18. The molecule has 0 saturated carbocycles. The Kier molecular flexibility index (Phi) is 4.16. The first-order chi connectivity index (χ1) is 6.22. The maximum Gasteiger partial charge on any atom is 0.0796 e. The maximum absolute atomic E-state index is 9.38. The third kappa shape index (κ3) is 3.73. The molecule has 1 aliphatic heterocycles. The van der Waals surface area contributed by atoms with Crippen molar-refractivity contribution in [3.63, 3.8) is 0 Å². The highest BCUT2D eigenvalue weighted by Crippen LogP contribution is 2.05. The van der Waals surface area contributed by atoms with E-state index in [0.717, 1.165) is 19.7 Å². The van der Waals surface area contributed by atoms with Gasteiger partial charge in [-0.15, -0.1) is 0 Å². The van der Waals surface area contributed by atoms with Crippen LogP contribution in [0.5, 0.6) is 0 Å². The number of rotatable bonds is 3. The van der Waals surface area contributed by atoms with Gasteiger partial charge in [-0.25, -0.2) is 0 Å². The van der Waals surface area contributed by atoms with Crippen LogP contribution in [0.1, 0.15) is 13.3 Å². The van der Waals surface area contributed by atoms with Crippen molar-refractivity contribution in [1.29, 1.82) is 5.26 Å². The molecule has 1 unspecified atom stereocenters. The predicted molar refractivity (Wildman–Crippen MR) is 48.1 cm³/mol. The van der Waals surface area contributed by atoms with Crippen LogP contribution in [0, 0.1) is 11.3 Å². The second-order valence-corrected chi connectivity index (χ2v) is 3.46. The summed E-state index contributed by atoms with van der Waals surface area (Å²) in [5.74, 6) is 0. The first kappa shape index (κ1) is 10.5. The molecule has 1 rings (SSSR count). The van der Waals surface area contributed by atoms with E-state index in [4.69, 9.17) is 10.00 Å². The van der Waals surface area contributed by atoms with Crippen LogP contribution in [0.15, 0.2) is 0 Å². The Balaban J connectivity index is 2.24. The highest BCUT2D eigenvalue weighted by molar-refractivity contribution is 4.79. The molecule has 0 aromatic rings. The van der Waals surface area contributed by atoms with Gasteiger partial charge in [-0.05, 0) is 6.92 Å². The van der Waals surface area contributed by atoms with E-state index in [0.29, 0.717) is 6.54 Å². The average Bonchev–Trinajstić information content (AvgIpc) is 2.04. The fraction of sp³-hybridized carbons (Fsp3) is 0.889. The van der Waals surface area contributed by atoms with Gasteiger partial charge in [-0.2, -0.15) is 5.26 Å². The number of nitrogens with zero attached hydrogens (tertiary/aromatic N) is 2. The van der Waals surface area contributed by atoms with Gasteiger partial charge in [-0.3, -0.25) is 4.90 Å². The smallest absolute Gasteiger partial charge is 0.0796 e. The Morgan fingerprint density at radius 1 is 1.77 bits per heavy atom. The summed E-state index contributed by atoms with van der Waals surface area (Å²) in [5.41, 5.74) is 0. The molecule has 74 valence electrons. The predicted octanol–water partition coefficient (Wildman–Crippen LogP) is -0.0183. The number of nitriles is 1. The zero-order chi connectivity index (χ0) is 9.68. The van der Waals surface area contributed by atoms with Gasteiger partial charge in [0.05, 0.1) is 31.3 Å². The lowest BCUT2D eigenvalue weighted by atomic mass is 10.2. The number of aliphatic hydroxyl groups excluding tert-OH is 1. The van der Waals surface area contributed by atoms with E-state index in [9.17, 15) is 5.11 Å². The van der Waals surface area contributed by atoms with Crippen LogP contribution < -0.4 is 0 Å². The molecule has 2 atom stereocenters. The summed E-state index contributed by atoms with van der Waals surface area (Å²) in [4.78, 5) is 2.14. The topological polar surface area (TPSA) is 56.5 Å². The minimum Gasteiger partial charge on any atom is -0.391 e. The zero-order valence-electron chi connectivity index (χ0n) is 7.94. The standard InChI is InChI=1S/C9H16N2O2/c1-8-6-11(4-5-13-8)7-9(12)2-3-10/h8-9,12H,2,4-7H2,1H3/t8?,9-/m1/s1. The van der Waals surface area contributed by atoms with E-state index in [1.54, 1.807) is 0 Å². The fourth-order valence-electron chi connectivity index (χ4n) is 1.52. The van der Waals surface area contributed by atoms with Gasteiger partial charge in [0.2, 0.25) is 0 Å². The van der Waals surface area contributed by atoms with E-state index in [-0.39, 0.29) is 12.5 Å². The number of hydrogen-bond acceptors (Lipinski definition) is 4. The average molecular weight is 184 g/mol. The monoisotopic (exact) mass is 184 g/mol. The second-order valence-electron chi connectivity index (χ2n) is 3.46. The fourth-order valence-corrected chi connectivity index (χ4v) is 1.52. The minimum atomic E-state index is -0.518. The highest BCUT2D eigenvalue weighted by atomic mass is 16.5. The molecule has 0 aromatic heterocycles. The summed E-state index contributed by atoms with van der Waals surface area (Å²) < 4.78 is 5.36. The number of hydrogen-bond donors (Lipinski definition) is 1. The minimum absolute atomic E-state index is 0.214. The van der Waals surface area contributed by atoms with E-state index in [1.807, 2.05) is 13.0 Å². The van der Waals surface area contributed by atoms with E-state index >= 15 is 0 Å². The molecule has 0 aliphatic carbocycles. The van der Waals surface area contributed by atoms with Crippen molar-refractivity contribution in [3.8, 4) is 6.07 Å². The third-order valence-corrected chi connectivity index (χ3v) is 2.12. The summed E-state index contributed by atoms with van der Waals surface area (Å²) in [6.07, 6.45) is -0.0653. The van der Waals surface area contributed by atoms with Gasteiger partial charge in [0.1, 0.15) is 0 Å². The molecular formula is C9H16N2O2. The van der Waals surface area contributed by atoms with Gasteiger partial charge in [0.15, 0.2) is 0 Å². The van der Waals surface area contributed by atoms with Crippen molar-refractivity contribution in [2.75, 3.05) is 26.2 Å². The molecule has 0 spiro atoms. The Morgan fingerprint density at radius 2 is 2.54 bits per heavy atom. The summed E-state index contributed by atoms with van der Waals surface area (Å²) in [5, 5.41) is 17.7. The second kappa shape index (κ2) is 5.18. The largest absolute Gasteiger partial charge is 0.391 e. The molecular weight excluding hydrogens is 168 g/mol. The van der Waals surface area contributed by atoms with E-state index in [1.165, 1.54) is 0 Å². The molecule has 13 heavy (non-hydrogen) atoms. The molecule has 1 heterocycles. The molecule has 0 amide bonds. The quantitative estimate of drug-likeness (QED) is 0.670. The maximum atomic E-state index is 9.38. The molecule has 0 aromatic carbocycles. The molecule has 1 aliphatic rings. The van der Waals surface area contributed by atoms with Crippen molar-refractivity contribution in [3.05, 3.63) is 0 Å². The van der Waals surface area contributed by atoms with Crippen LogP contribution in [-0.4, -0.2) is 48.5 Å². The first-order valence-corrected chi connectivity index (χ1v) is 4.61. The summed E-state index contributed by atoms with van der Waals surface area (Å²) >= 11 is 0. The summed E-state index contributed by atoms with van der Waals surface area (Å²) in [6.45, 7) is 5.03. The van der Waals surface area contributed by atoms with E-state index < -0.39 is 6.10 Å². The van der Waals surface area contributed by atoms with Gasteiger partial charge in [0, 0.05) is 19.6 Å². The van der Waals surface area contributed by atoms with Gasteiger partial charge in [0.25, 0.3) is 0 Å². The van der Waals surface area contributed by atoms with Crippen molar-refractivity contribution in [2.45, 2.75) is 25.6 Å². The van der Waals surface area contributed by atoms with Crippen LogP contribution in [-0.2, 0) is 4.74 Å². The molecule has 1 N–H and O–H groups in total.